The molecular weight excluding hydrogens is 451 g/mol. The first-order valence-corrected chi connectivity index (χ1v) is 9.48. The van der Waals surface area contributed by atoms with Crippen molar-refractivity contribution in [2.75, 3.05) is 33.2 Å². The lowest BCUT2D eigenvalue weighted by Crippen LogP contribution is -3.00. The van der Waals surface area contributed by atoms with E-state index in [1.54, 1.807) is 0 Å². The van der Waals surface area contributed by atoms with Crippen LogP contribution in [-0.2, 0) is 4.79 Å². The zero-order valence-corrected chi connectivity index (χ0v) is 18.3. The predicted molar refractivity (Wildman–Crippen MR) is 102 cm³/mol. The highest BCUT2D eigenvalue weighted by atomic mass is 127. The van der Waals surface area contributed by atoms with Gasteiger partial charge >= 0.3 is 0 Å². The van der Waals surface area contributed by atoms with Gasteiger partial charge in [0.05, 0.1) is 45.2 Å². The number of para-hydroxylation sites is 2. The molecule has 0 unspecified atom stereocenters. The third-order valence-corrected chi connectivity index (χ3v) is 6.25. The van der Waals surface area contributed by atoms with E-state index in [1.165, 1.54) is 0 Å². The van der Waals surface area contributed by atoms with Crippen molar-refractivity contribution < 1.29 is 38.0 Å². The number of carbonyl (C=O) groups excluding carboxylic acids is 1. The quantitative estimate of drug-likeness (QED) is 0.468. The molecule has 4 nitrogen and oxygen atoms in total. The summed E-state index contributed by atoms with van der Waals surface area (Å²) < 4.78 is 7.07. The van der Waals surface area contributed by atoms with E-state index in [0.717, 1.165) is 53.3 Å². The van der Waals surface area contributed by atoms with Crippen LogP contribution in [0.2, 0.25) is 0 Å². The van der Waals surface area contributed by atoms with E-state index >= 15 is 0 Å². The molecule has 0 atom stereocenters. The van der Waals surface area contributed by atoms with Crippen LogP contribution in [0.1, 0.15) is 30.9 Å². The van der Waals surface area contributed by atoms with Crippen molar-refractivity contribution >= 4 is 5.91 Å². The number of rotatable bonds is 2. The zero-order chi connectivity index (χ0) is 18.3. The van der Waals surface area contributed by atoms with E-state index in [-0.39, 0.29) is 35.8 Å². The van der Waals surface area contributed by atoms with Gasteiger partial charge < -0.3 is 38.1 Å². The summed E-state index contributed by atoms with van der Waals surface area (Å²) in [6.45, 7) is 8.18. The molecule has 2 aliphatic rings. The van der Waals surface area contributed by atoms with Gasteiger partial charge in [0.2, 0.25) is 5.91 Å². The molecule has 144 valence electrons. The van der Waals surface area contributed by atoms with Crippen LogP contribution < -0.4 is 28.7 Å². The first-order chi connectivity index (χ1) is 12.5. The van der Waals surface area contributed by atoms with Gasteiger partial charge in [-0.25, -0.2) is 0 Å². The summed E-state index contributed by atoms with van der Waals surface area (Å²) in [5.41, 5.74) is 1.95. The topological polar surface area (TPSA) is 29.5 Å². The molecule has 0 spiro atoms. The number of hydrogen-bond donors (Lipinski definition) is 0. The fourth-order valence-corrected chi connectivity index (χ4v) is 4.02. The Labute approximate surface area is 178 Å². The molecule has 2 aliphatic heterocycles. The van der Waals surface area contributed by atoms with Crippen LogP contribution in [-0.4, -0.2) is 54.6 Å². The highest BCUT2D eigenvalue weighted by Crippen LogP contribution is 2.44. The maximum atomic E-state index is 13.5. The average molecular weight is 478 g/mol. The summed E-state index contributed by atoms with van der Waals surface area (Å²) in [5.74, 6) is 1.52. The summed E-state index contributed by atoms with van der Waals surface area (Å²) in [4.78, 5) is 15.6. The van der Waals surface area contributed by atoms with Gasteiger partial charge in [0.15, 0.2) is 0 Å². The number of carbonyl (C=O) groups is 1. The van der Waals surface area contributed by atoms with Gasteiger partial charge in [0, 0.05) is 11.1 Å². The minimum atomic E-state index is -0.271. The lowest BCUT2D eigenvalue weighted by molar-refractivity contribution is -0.933. The van der Waals surface area contributed by atoms with E-state index in [9.17, 15) is 4.79 Å². The Hall–Kier alpha value is -1.60. The molecule has 1 saturated heterocycles. The van der Waals surface area contributed by atoms with Crippen molar-refractivity contribution in [3.05, 3.63) is 59.7 Å². The number of quaternary nitrogens is 1. The molecule has 1 amide bonds. The predicted octanol–water partition coefficient (Wildman–Crippen LogP) is 0.625. The van der Waals surface area contributed by atoms with Crippen LogP contribution in [0, 0.1) is 0 Å². The molecule has 2 aromatic carbocycles. The highest BCUT2D eigenvalue weighted by Gasteiger charge is 2.39. The third kappa shape index (κ3) is 3.59. The van der Waals surface area contributed by atoms with Gasteiger partial charge in [0.25, 0.3) is 0 Å². The van der Waals surface area contributed by atoms with E-state index < -0.39 is 0 Å². The van der Waals surface area contributed by atoms with Crippen molar-refractivity contribution in [3.63, 3.8) is 0 Å². The second-order valence-corrected chi connectivity index (χ2v) is 7.96. The molecule has 0 aliphatic carbocycles. The van der Waals surface area contributed by atoms with Crippen molar-refractivity contribution in [1.82, 2.24) is 4.90 Å². The monoisotopic (exact) mass is 478 g/mol. The highest BCUT2D eigenvalue weighted by molar-refractivity contribution is 5.89. The summed E-state index contributed by atoms with van der Waals surface area (Å²) in [7, 11) is 2.30. The molecule has 27 heavy (non-hydrogen) atoms. The van der Waals surface area contributed by atoms with Crippen LogP contribution in [0.5, 0.6) is 11.5 Å². The fraction of sp³-hybridized carbons (Fsp3) is 0.409. The zero-order valence-electron chi connectivity index (χ0n) is 16.2. The molecule has 0 saturated carbocycles. The normalized spacial score (nSPS) is 18.1. The maximum Gasteiger partial charge on any atom is 0.235 e. The largest absolute Gasteiger partial charge is 1.00 e. The molecule has 0 N–H and O–H groups in total. The Balaban J connectivity index is 0.00000210. The van der Waals surface area contributed by atoms with E-state index in [1.807, 2.05) is 53.4 Å². The van der Waals surface area contributed by atoms with E-state index in [4.69, 9.17) is 4.74 Å². The summed E-state index contributed by atoms with van der Waals surface area (Å²) in [6.07, 6.45) is 0. The molecule has 5 heteroatoms. The molecule has 0 aromatic heterocycles. The molecule has 4 rings (SSSR count). The van der Waals surface area contributed by atoms with Crippen molar-refractivity contribution in [1.29, 1.82) is 0 Å². The standard InChI is InChI=1S/C22H27N2O2.HI/c1-16(2)24(3)14-12-23(13-15-24)22(25)21-17-8-4-6-10-19(17)26-20-11-7-5-9-18(20)21;/h4-11,16,21H,12-15H2,1-3H3;1H/q+1;/p-1. The Morgan fingerprint density at radius 3 is 1.96 bits per heavy atom. The Bertz CT molecular complexity index is 783. The fourth-order valence-electron chi connectivity index (χ4n) is 4.02. The van der Waals surface area contributed by atoms with Crippen LogP contribution in [0.25, 0.3) is 0 Å². The van der Waals surface area contributed by atoms with Crippen molar-refractivity contribution in [2.45, 2.75) is 25.8 Å². The third-order valence-electron chi connectivity index (χ3n) is 6.25. The lowest BCUT2D eigenvalue weighted by Gasteiger charge is -2.45. The minimum absolute atomic E-state index is 0. The van der Waals surface area contributed by atoms with Gasteiger partial charge in [-0.2, -0.15) is 0 Å². The second-order valence-electron chi connectivity index (χ2n) is 7.96. The molecule has 2 aromatic rings. The van der Waals surface area contributed by atoms with E-state index in [2.05, 4.69) is 20.9 Å². The summed E-state index contributed by atoms with van der Waals surface area (Å²) >= 11 is 0. The first-order valence-electron chi connectivity index (χ1n) is 9.48. The maximum absolute atomic E-state index is 13.5. The summed E-state index contributed by atoms with van der Waals surface area (Å²) in [6, 6.07) is 16.4. The van der Waals surface area contributed by atoms with Crippen molar-refractivity contribution in [2.24, 2.45) is 0 Å². The smallest absolute Gasteiger partial charge is 0.235 e. The summed E-state index contributed by atoms with van der Waals surface area (Å²) in [5, 5.41) is 0. The van der Waals surface area contributed by atoms with Crippen LogP contribution in [0.3, 0.4) is 0 Å². The lowest BCUT2D eigenvalue weighted by atomic mass is 9.86. The molecule has 0 radical (unpaired) electrons. The second kappa shape index (κ2) is 7.80. The number of halogens is 1. The molecular formula is C22H27IN2O2. The van der Waals surface area contributed by atoms with Gasteiger partial charge in [0.1, 0.15) is 11.5 Å². The Morgan fingerprint density at radius 1 is 1.00 bits per heavy atom. The van der Waals surface area contributed by atoms with Crippen LogP contribution in [0.4, 0.5) is 0 Å². The van der Waals surface area contributed by atoms with Crippen LogP contribution >= 0.6 is 0 Å². The molecule has 1 fully saturated rings. The van der Waals surface area contributed by atoms with Gasteiger partial charge in [-0.05, 0) is 26.0 Å². The number of piperazine rings is 1. The minimum Gasteiger partial charge on any atom is -1.00 e. The molecule has 2 heterocycles. The van der Waals surface area contributed by atoms with Gasteiger partial charge in [-0.3, -0.25) is 4.79 Å². The Morgan fingerprint density at radius 2 is 1.48 bits per heavy atom. The number of fused-ring (bicyclic) bond motifs is 2. The number of amides is 1. The average Bonchev–Trinajstić information content (AvgIpc) is 2.66. The van der Waals surface area contributed by atoms with Gasteiger partial charge in [-0.1, -0.05) is 36.4 Å². The van der Waals surface area contributed by atoms with Crippen molar-refractivity contribution in [3.8, 4) is 11.5 Å². The number of likely N-dealkylation sites (N-methyl/N-ethyl adjacent to an activating group) is 1. The van der Waals surface area contributed by atoms with E-state index in [0.29, 0.717) is 6.04 Å². The number of benzene rings is 2. The number of nitrogens with zero attached hydrogens (tertiary/aromatic N) is 2. The van der Waals surface area contributed by atoms with Gasteiger partial charge in [-0.15, -0.1) is 0 Å². The molecule has 0 bridgehead atoms. The SMILES string of the molecule is CC(C)[N+]1(C)CCN(C(=O)C2c3ccccc3Oc3ccccc32)CC1.[I-]. The Kier molecular flexibility index (Phi) is 5.82. The number of ether oxygens (including phenoxy) is 1. The van der Waals surface area contributed by atoms with Crippen LogP contribution in [0.15, 0.2) is 48.5 Å². The number of hydrogen-bond acceptors (Lipinski definition) is 2. The first kappa shape index (κ1) is 20.1.